The van der Waals surface area contributed by atoms with E-state index < -0.39 is 0 Å². The summed E-state index contributed by atoms with van der Waals surface area (Å²) in [7, 11) is 0. The van der Waals surface area contributed by atoms with E-state index in [4.69, 9.17) is 0 Å². The molecule has 3 heteroatoms. The Labute approximate surface area is 96.6 Å². The van der Waals surface area contributed by atoms with Gasteiger partial charge in [0.05, 0.1) is 6.04 Å². The fraction of sp³-hybridized carbons (Fsp3) is 0.308. The Kier molecular flexibility index (Phi) is 4.73. The smallest absolute Gasteiger partial charge is 0.241 e. The van der Waals surface area contributed by atoms with Crippen molar-refractivity contribution in [1.82, 2.24) is 5.32 Å². The molecular formula is C13H18N2O. The summed E-state index contributed by atoms with van der Waals surface area (Å²) >= 11 is 0. The third kappa shape index (κ3) is 4.28. The monoisotopic (exact) mass is 218 g/mol. The largest absolute Gasteiger partial charge is 0.325 e. The molecule has 0 radical (unpaired) electrons. The van der Waals surface area contributed by atoms with Crippen molar-refractivity contribution in [2.45, 2.75) is 19.9 Å². The first-order valence-electron chi connectivity index (χ1n) is 5.33. The van der Waals surface area contributed by atoms with E-state index in [-0.39, 0.29) is 11.9 Å². The van der Waals surface area contributed by atoms with Crippen LogP contribution in [-0.2, 0) is 4.79 Å². The van der Waals surface area contributed by atoms with E-state index in [0.29, 0.717) is 6.54 Å². The third-order valence-electron chi connectivity index (χ3n) is 2.14. The van der Waals surface area contributed by atoms with Crippen molar-refractivity contribution >= 4 is 11.6 Å². The highest BCUT2D eigenvalue weighted by Crippen LogP contribution is 2.05. The van der Waals surface area contributed by atoms with Crippen LogP contribution in [0.4, 0.5) is 5.69 Å². The van der Waals surface area contributed by atoms with Crippen molar-refractivity contribution < 1.29 is 4.79 Å². The number of rotatable bonds is 5. The highest BCUT2D eigenvalue weighted by molar-refractivity contribution is 5.94. The molecule has 0 fully saturated rings. The van der Waals surface area contributed by atoms with Crippen LogP contribution in [0.15, 0.2) is 42.5 Å². The van der Waals surface area contributed by atoms with Crippen LogP contribution < -0.4 is 10.6 Å². The van der Waals surface area contributed by atoms with E-state index >= 15 is 0 Å². The average Bonchev–Trinajstić information content (AvgIpc) is 2.27. The van der Waals surface area contributed by atoms with Gasteiger partial charge in [0, 0.05) is 12.2 Å². The molecule has 0 aromatic heterocycles. The number of nitrogens with one attached hydrogen (secondary N) is 2. The lowest BCUT2D eigenvalue weighted by Gasteiger charge is -2.13. The van der Waals surface area contributed by atoms with Gasteiger partial charge in [0.25, 0.3) is 0 Å². The molecule has 0 aliphatic rings. The zero-order valence-electron chi connectivity index (χ0n) is 9.79. The van der Waals surface area contributed by atoms with Gasteiger partial charge < -0.3 is 10.6 Å². The van der Waals surface area contributed by atoms with Crippen LogP contribution in [0.2, 0.25) is 0 Å². The van der Waals surface area contributed by atoms with Crippen molar-refractivity contribution in [2.75, 3.05) is 11.9 Å². The molecule has 0 aliphatic heterocycles. The summed E-state index contributed by atoms with van der Waals surface area (Å²) in [4.78, 5) is 11.7. The number of carbonyl (C=O) groups excluding carboxylic acids is 1. The summed E-state index contributed by atoms with van der Waals surface area (Å²) in [6, 6.07) is 9.20. The van der Waals surface area contributed by atoms with Crippen LogP contribution >= 0.6 is 0 Å². The Balaban J connectivity index is 2.43. The van der Waals surface area contributed by atoms with E-state index in [1.54, 1.807) is 0 Å². The molecule has 3 nitrogen and oxygen atoms in total. The Morgan fingerprint density at radius 1 is 1.38 bits per heavy atom. The quantitative estimate of drug-likeness (QED) is 0.744. The summed E-state index contributed by atoms with van der Waals surface area (Å²) in [5.74, 6) is -0.0348. The van der Waals surface area contributed by atoms with Gasteiger partial charge in [-0.1, -0.05) is 30.4 Å². The van der Waals surface area contributed by atoms with Gasteiger partial charge >= 0.3 is 0 Å². The molecule has 2 N–H and O–H groups in total. The molecule has 0 bridgehead atoms. The van der Waals surface area contributed by atoms with E-state index in [1.165, 1.54) is 0 Å². The predicted molar refractivity (Wildman–Crippen MR) is 67.4 cm³/mol. The fourth-order valence-corrected chi connectivity index (χ4v) is 1.19. The maximum atomic E-state index is 11.7. The van der Waals surface area contributed by atoms with Crippen molar-refractivity contribution in [1.29, 1.82) is 0 Å². The van der Waals surface area contributed by atoms with E-state index in [0.717, 1.165) is 11.3 Å². The van der Waals surface area contributed by atoms with Gasteiger partial charge in [-0.15, -0.1) is 0 Å². The molecule has 86 valence electrons. The van der Waals surface area contributed by atoms with E-state index in [2.05, 4.69) is 17.2 Å². The number of hydrogen-bond donors (Lipinski definition) is 2. The molecule has 1 atom stereocenters. The summed E-state index contributed by atoms with van der Waals surface area (Å²) in [6.07, 6.45) is 0. The second kappa shape index (κ2) is 6.08. The molecule has 1 aromatic rings. The van der Waals surface area contributed by atoms with Crippen LogP contribution in [0.1, 0.15) is 13.8 Å². The molecule has 1 amide bonds. The standard InChI is InChI=1S/C13H18N2O/c1-10(2)9-14-11(3)13(16)15-12-7-5-4-6-8-12/h4-8,11,14H,1,9H2,2-3H3,(H,15,16). The SMILES string of the molecule is C=C(C)CNC(C)C(=O)Nc1ccccc1. The van der Waals surface area contributed by atoms with Crippen LogP contribution in [0.3, 0.4) is 0 Å². The topological polar surface area (TPSA) is 41.1 Å². The number of para-hydroxylation sites is 1. The molecular weight excluding hydrogens is 200 g/mol. The minimum Gasteiger partial charge on any atom is -0.325 e. The summed E-state index contributed by atoms with van der Waals surface area (Å²) < 4.78 is 0. The first-order valence-corrected chi connectivity index (χ1v) is 5.33. The molecule has 1 rings (SSSR count). The highest BCUT2D eigenvalue weighted by Gasteiger charge is 2.11. The molecule has 0 aliphatic carbocycles. The van der Waals surface area contributed by atoms with Crippen LogP contribution in [0, 0.1) is 0 Å². The third-order valence-corrected chi connectivity index (χ3v) is 2.14. The molecule has 16 heavy (non-hydrogen) atoms. The van der Waals surface area contributed by atoms with Gasteiger partial charge in [-0.3, -0.25) is 4.79 Å². The number of hydrogen-bond acceptors (Lipinski definition) is 2. The predicted octanol–water partition coefficient (Wildman–Crippen LogP) is 2.18. The van der Waals surface area contributed by atoms with Gasteiger partial charge in [0.1, 0.15) is 0 Å². The lowest BCUT2D eigenvalue weighted by Crippen LogP contribution is -2.38. The maximum Gasteiger partial charge on any atom is 0.241 e. The number of carbonyl (C=O) groups is 1. The second-order valence-corrected chi connectivity index (χ2v) is 3.91. The van der Waals surface area contributed by atoms with Gasteiger partial charge in [-0.05, 0) is 26.0 Å². The first kappa shape index (κ1) is 12.5. The summed E-state index contributed by atoms with van der Waals surface area (Å²) in [5, 5.41) is 5.92. The van der Waals surface area contributed by atoms with Gasteiger partial charge in [0.2, 0.25) is 5.91 Å². The van der Waals surface area contributed by atoms with Crippen LogP contribution in [0.25, 0.3) is 0 Å². The van der Waals surface area contributed by atoms with Crippen LogP contribution in [0.5, 0.6) is 0 Å². The number of anilines is 1. The van der Waals surface area contributed by atoms with Crippen molar-refractivity contribution in [3.8, 4) is 0 Å². The lowest BCUT2D eigenvalue weighted by atomic mass is 10.2. The Hall–Kier alpha value is -1.61. The zero-order valence-corrected chi connectivity index (χ0v) is 9.79. The first-order chi connectivity index (χ1) is 7.59. The van der Waals surface area contributed by atoms with Crippen molar-refractivity contribution in [3.63, 3.8) is 0 Å². The number of amides is 1. The van der Waals surface area contributed by atoms with E-state index in [1.807, 2.05) is 44.2 Å². The Morgan fingerprint density at radius 3 is 2.56 bits per heavy atom. The molecule has 1 unspecified atom stereocenters. The second-order valence-electron chi connectivity index (χ2n) is 3.91. The molecule has 0 saturated heterocycles. The zero-order chi connectivity index (χ0) is 12.0. The normalized spacial score (nSPS) is 11.9. The van der Waals surface area contributed by atoms with E-state index in [9.17, 15) is 4.79 Å². The fourth-order valence-electron chi connectivity index (χ4n) is 1.19. The van der Waals surface area contributed by atoms with Crippen LogP contribution in [-0.4, -0.2) is 18.5 Å². The lowest BCUT2D eigenvalue weighted by molar-refractivity contribution is -0.117. The van der Waals surface area contributed by atoms with Gasteiger partial charge in [-0.25, -0.2) is 0 Å². The summed E-state index contributed by atoms with van der Waals surface area (Å²) in [5.41, 5.74) is 1.83. The Morgan fingerprint density at radius 2 is 2.00 bits per heavy atom. The van der Waals surface area contributed by atoms with Gasteiger partial charge in [-0.2, -0.15) is 0 Å². The van der Waals surface area contributed by atoms with Crippen molar-refractivity contribution in [2.24, 2.45) is 0 Å². The number of benzene rings is 1. The highest BCUT2D eigenvalue weighted by atomic mass is 16.2. The molecule has 0 saturated carbocycles. The minimum absolute atomic E-state index is 0.0348. The molecule has 1 aromatic carbocycles. The minimum atomic E-state index is -0.225. The molecule has 0 heterocycles. The molecule has 0 spiro atoms. The average molecular weight is 218 g/mol. The Bertz CT molecular complexity index is 359. The maximum absolute atomic E-state index is 11.7. The van der Waals surface area contributed by atoms with Crippen molar-refractivity contribution in [3.05, 3.63) is 42.5 Å². The van der Waals surface area contributed by atoms with Gasteiger partial charge in [0.15, 0.2) is 0 Å². The summed E-state index contributed by atoms with van der Waals surface area (Å²) in [6.45, 7) is 8.19.